The van der Waals surface area contributed by atoms with E-state index < -0.39 is 0 Å². The van der Waals surface area contributed by atoms with Gasteiger partial charge in [0.05, 0.1) is 0 Å². The number of rotatable bonds is 7. The van der Waals surface area contributed by atoms with Gasteiger partial charge in [-0.15, -0.1) is 0 Å². The molecule has 2 atom stereocenters. The van der Waals surface area contributed by atoms with Gasteiger partial charge in [0.15, 0.2) is 6.29 Å². The number of hydrogen-bond acceptors (Lipinski definition) is 2. The lowest BCUT2D eigenvalue weighted by atomic mass is 10.1. The third kappa shape index (κ3) is 6.62. The van der Waals surface area contributed by atoms with Crippen molar-refractivity contribution in [3.8, 4) is 0 Å². The first-order valence-electron chi connectivity index (χ1n) is 4.93. The van der Waals surface area contributed by atoms with Gasteiger partial charge in [-0.2, -0.15) is 0 Å². The van der Waals surface area contributed by atoms with Crippen LogP contribution in [0.3, 0.4) is 0 Å². The van der Waals surface area contributed by atoms with Crippen molar-refractivity contribution >= 4 is 0 Å². The van der Waals surface area contributed by atoms with E-state index in [-0.39, 0.29) is 6.29 Å². The molecule has 0 heterocycles. The highest BCUT2D eigenvalue weighted by molar-refractivity contribution is 4.48. The van der Waals surface area contributed by atoms with Crippen molar-refractivity contribution in [3.63, 3.8) is 0 Å². The monoisotopic (exact) mass is 174 g/mol. The molecular weight excluding hydrogens is 152 g/mol. The van der Waals surface area contributed by atoms with Gasteiger partial charge in [0.1, 0.15) is 0 Å². The Bertz CT molecular complexity index is 93.8. The molecular formula is C10H22O2. The Kier molecular flexibility index (Phi) is 7.51. The molecule has 0 fully saturated rings. The fourth-order valence-electron chi connectivity index (χ4n) is 0.922. The molecule has 2 nitrogen and oxygen atoms in total. The largest absolute Gasteiger partial charge is 0.353 e. The van der Waals surface area contributed by atoms with Crippen molar-refractivity contribution in [2.24, 2.45) is 5.92 Å². The summed E-state index contributed by atoms with van der Waals surface area (Å²) in [6.07, 6.45) is 2.32. The Labute approximate surface area is 76.3 Å². The molecule has 0 aromatic carbocycles. The summed E-state index contributed by atoms with van der Waals surface area (Å²) in [6.45, 7) is 9.92. The molecule has 0 spiro atoms. The Morgan fingerprint density at radius 3 is 2.25 bits per heavy atom. The summed E-state index contributed by atoms with van der Waals surface area (Å²) in [6, 6.07) is 0. The Balaban J connectivity index is 3.18. The molecule has 2 unspecified atom stereocenters. The first-order valence-corrected chi connectivity index (χ1v) is 4.93. The summed E-state index contributed by atoms with van der Waals surface area (Å²) in [5.74, 6) is 0.763. The van der Waals surface area contributed by atoms with Gasteiger partial charge < -0.3 is 9.47 Å². The first-order chi connectivity index (χ1) is 5.70. The summed E-state index contributed by atoms with van der Waals surface area (Å²) in [7, 11) is 0. The fourth-order valence-corrected chi connectivity index (χ4v) is 0.922. The van der Waals surface area contributed by atoms with Crippen molar-refractivity contribution in [2.75, 3.05) is 13.2 Å². The molecule has 0 bridgehead atoms. The van der Waals surface area contributed by atoms with Crippen LogP contribution in [-0.4, -0.2) is 19.5 Å². The van der Waals surface area contributed by atoms with Gasteiger partial charge in [-0.1, -0.05) is 20.3 Å². The Morgan fingerprint density at radius 2 is 1.75 bits per heavy atom. The minimum absolute atomic E-state index is 0.0425. The molecule has 0 aliphatic carbocycles. The molecule has 0 amide bonds. The van der Waals surface area contributed by atoms with Gasteiger partial charge in [0.2, 0.25) is 0 Å². The minimum Gasteiger partial charge on any atom is -0.353 e. The molecule has 0 aromatic rings. The van der Waals surface area contributed by atoms with Crippen molar-refractivity contribution in [1.29, 1.82) is 0 Å². The van der Waals surface area contributed by atoms with Crippen molar-refractivity contribution < 1.29 is 9.47 Å². The smallest absolute Gasteiger partial charge is 0.154 e. The van der Waals surface area contributed by atoms with E-state index in [1.165, 1.54) is 6.42 Å². The van der Waals surface area contributed by atoms with Crippen LogP contribution in [0.15, 0.2) is 0 Å². The van der Waals surface area contributed by atoms with E-state index in [4.69, 9.17) is 9.47 Å². The summed E-state index contributed by atoms with van der Waals surface area (Å²) < 4.78 is 10.7. The molecule has 0 aliphatic rings. The van der Waals surface area contributed by atoms with Gasteiger partial charge in [-0.25, -0.2) is 0 Å². The molecule has 0 radical (unpaired) electrons. The van der Waals surface area contributed by atoms with E-state index in [0.29, 0.717) is 0 Å². The van der Waals surface area contributed by atoms with Crippen LogP contribution in [0.1, 0.15) is 40.5 Å². The van der Waals surface area contributed by atoms with Gasteiger partial charge in [0, 0.05) is 13.2 Å². The summed E-state index contributed by atoms with van der Waals surface area (Å²) >= 11 is 0. The maximum Gasteiger partial charge on any atom is 0.154 e. The van der Waals surface area contributed by atoms with E-state index >= 15 is 0 Å². The average Bonchev–Trinajstić information content (AvgIpc) is 2.04. The second kappa shape index (κ2) is 7.56. The van der Waals surface area contributed by atoms with E-state index in [0.717, 1.165) is 25.6 Å². The van der Waals surface area contributed by atoms with E-state index in [1.54, 1.807) is 0 Å². The van der Waals surface area contributed by atoms with Crippen LogP contribution in [0.2, 0.25) is 0 Å². The molecule has 0 saturated carbocycles. The lowest BCUT2D eigenvalue weighted by Gasteiger charge is -2.14. The molecule has 2 heteroatoms. The summed E-state index contributed by atoms with van der Waals surface area (Å²) in [4.78, 5) is 0. The topological polar surface area (TPSA) is 18.5 Å². The van der Waals surface area contributed by atoms with Gasteiger partial charge in [-0.3, -0.25) is 0 Å². The molecule has 0 aromatic heterocycles. The van der Waals surface area contributed by atoms with Crippen LogP contribution in [0, 0.1) is 5.92 Å². The zero-order chi connectivity index (χ0) is 9.40. The van der Waals surface area contributed by atoms with Crippen LogP contribution in [0.25, 0.3) is 0 Å². The van der Waals surface area contributed by atoms with E-state index in [1.807, 2.05) is 13.8 Å². The molecule has 0 N–H and O–H groups in total. The van der Waals surface area contributed by atoms with Crippen molar-refractivity contribution in [1.82, 2.24) is 0 Å². The second-order valence-electron chi connectivity index (χ2n) is 3.20. The minimum atomic E-state index is -0.0425. The highest BCUT2D eigenvalue weighted by Crippen LogP contribution is 2.07. The van der Waals surface area contributed by atoms with Gasteiger partial charge in [0.25, 0.3) is 0 Å². The highest BCUT2D eigenvalue weighted by atomic mass is 16.7. The molecule has 0 saturated heterocycles. The van der Waals surface area contributed by atoms with Crippen LogP contribution < -0.4 is 0 Å². The predicted octanol–water partition coefficient (Wildman–Crippen LogP) is 2.82. The normalized spacial score (nSPS) is 16.0. The van der Waals surface area contributed by atoms with Gasteiger partial charge >= 0.3 is 0 Å². The molecule has 0 aliphatic heterocycles. The zero-order valence-corrected chi connectivity index (χ0v) is 8.80. The molecule has 74 valence electrons. The lowest BCUT2D eigenvalue weighted by Crippen LogP contribution is -2.14. The van der Waals surface area contributed by atoms with E-state index in [2.05, 4.69) is 13.8 Å². The zero-order valence-electron chi connectivity index (χ0n) is 8.80. The summed E-state index contributed by atoms with van der Waals surface area (Å²) in [5, 5.41) is 0. The van der Waals surface area contributed by atoms with Crippen LogP contribution in [-0.2, 0) is 9.47 Å². The molecule has 12 heavy (non-hydrogen) atoms. The highest BCUT2D eigenvalue weighted by Gasteiger charge is 2.02. The lowest BCUT2D eigenvalue weighted by molar-refractivity contribution is -0.129. The maximum absolute atomic E-state index is 5.43. The number of hydrogen-bond donors (Lipinski definition) is 0. The quantitative estimate of drug-likeness (QED) is 0.552. The second-order valence-corrected chi connectivity index (χ2v) is 3.20. The number of ether oxygens (including phenoxy) is 2. The first kappa shape index (κ1) is 11.9. The third-order valence-corrected chi connectivity index (χ3v) is 2.06. The van der Waals surface area contributed by atoms with Crippen molar-refractivity contribution in [2.45, 2.75) is 46.8 Å². The maximum atomic E-state index is 5.43. The van der Waals surface area contributed by atoms with Gasteiger partial charge in [-0.05, 0) is 26.2 Å². The SMILES string of the molecule is CCOC(C)OCCC(C)CC. The third-order valence-electron chi connectivity index (χ3n) is 2.06. The Morgan fingerprint density at radius 1 is 1.08 bits per heavy atom. The van der Waals surface area contributed by atoms with Crippen molar-refractivity contribution in [3.05, 3.63) is 0 Å². The fraction of sp³-hybridized carbons (Fsp3) is 1.00. The van der Waals surface area contributed by atoms with Crippen LogP contribution in [0.4, 0.5) is 0 Å². The van der Waals surface area contributed by atoms with E-state index in [9.17, 15) is 0 Å². The predicted molar refractivity (Wildman–Crippen MR) is 51.1 cm³/mol. The Hall–Kier alpha value is -0.0800. The summed E-state index contributed by atoms with van der Waals surface area (Å²) in [5.41, 5.74) is 0. The standard InChI is InChI=1S/C10H22O2/c1-5-9(3)7-8-12-10(4)11-6-2/h9-10H,5-8H2,1-4H3. The van der Waals surface area contributed by atoms with Crippen LogP contribution in [0.5, 0.6) is 0 Å². The average molecular weight is 174 g/mol. The van der Waals surface area contributed by atoms with Crippen LogP contribution >= 0.6 is 0 Å². The molecule has 0 rings (SSSR count).